The Morgan fingerprint density at radius 3 is 2.52 bits per heavy atom. The van der Waals surface area contributed by atoms with Gasteiger partial charge >= 0.3 is 0 Å². The van der Waals surface area contributed by atoms with E-state index in [1.54, 1.807) is 38.4 Å². The highest BCUT2D eigenvalue weighted by Crippen LogP contribution is 2.31. The van der Waals surface area contributed by atoms with Crippen molar-refractivity contribution in [3.63, 3.8) is 0 Å². The van der Waals surface area contributed by atoms with E-state index in [4.69, 9.17) is 4.74 Å². The number of anilines is 1. The molecule has 2 aromatic rings. The van der Waals surface area contributed by atoms with E-state index in [0.717, 1.165) is 9.26 Å². The molecule has 0 aliphatic carbocycles. The van der Waals surface area contributed by atoms with Crippen LogP contribution in [0, 0.1) is 3.57 Å². The number of hydrogen-bond donors (Lipinski definition) is 1. The zero-order valence-electron chi connectivity index (χ0n) is 14.8. The third-order valence-electron chi connectivity index (χ3n) is 3.94. The number of amidine groups is 1. The second-order valence-electron chi connectivity index (χ2n) is 5.86. The van der Waals surface area contributed by atoms with E-state index in [9.17, 15) is 9.59 Å². The molecule has 2 amide bonds. The van der Waals surface area contributed by atoms with E-state index in [-0.39, 0.29) is 18.2 Å². The summed E-state index contributed by atoms with van der Waals surface area (Å²) >= 11 is 3.54. The second kappa shape index (κ2) is 8.75. The van der Waals surface area contributed by atoms with E-state index in [1.807, 2.05) is 24.3 Å². The van der Waals surface area contributed by atoms with Gasteiger partial charge in [-0.2, -0.15) is 0 Å². The lowest BCUT2D eigenvalue weighted by Gasteiger charge is -2.09. The van der Waals surface area contributed by atoms with Crippen molar-refractivity contribution in [2.45, 2.75) is 11.7 Å². The predicted molar refractivity (Wildman–Crippen MR) is 117 cm³/mol. The van der Waals surface area contributed by atoms with Gasteiger partial charge in [0.05, 0.1) is 12.8 Å². The molecule has 8 heteroatoms. The number of benzene rings is 2. The van der Waals surface area contributed by atoms with Crippen molar-refractivity contribution in [3.05, 3.63) is 52.1 Å². The molecule has 140 valence electrons. The summed E-state index contributed by atoms with van der Waals surface area (Å²) in [5.41, 5.74) is 1.44. The average Bonchev–Trinajstić information content (AvgIpc) is 2.92. The second-order valence-corrected chi connectivity index (χ2v) is 8.27. The van der Waals surface area contributed by atoms with Crippen molar-refractivity contribution in [2.75, 3.05) is 19.5 Å². The molecular formula is C19H18IN3O3S. The summed E-state index contributed by atoms with van der Waals surface area (Å²) in [4.78, 5) is 30.8. The first kappa shape index (κ1) is 19.7. The number of ether oxygens (including phenoxy) is 1. The predicted octanol–water partition coefficient (Wildman–Crippen LogP) is 3.89. The molecule has 27 heavy (non-hydrogen) atoms. The van der Waals surface area contributed by atoms with Crippen molar-refractivity contribution in [1.29, 1.82) is 0 Å². The van der Waals surface area contributed by atoms with Gasteiger partial charge in [0.15, 0.2) is 5.17 Å². The lowest BCUT2D eigenvalue weighted by molar-refractivity contribution is -0.127. The first-order valence-corrected chi connectivity index (χ1v) is 10.1. The molecule has 0 saturated carbocycles. The molecule has 1 atom stereocenters. The van der Waals surface area contributed by atoms with Crippen molar-refractivity contribution in [2.24, 2.45) is 4.99 Å². The smallest absolute Gasteiger partial charge is 0.242 e. The third-order valence-corrected chi connectivity index (χ3v) is 5.88. The molecule has 6 nitrogen and oxygen atoms in total. The Morgan fingerprint density at radius 1 is 1.22 bits per heavy atom. The first-order chi connectivity index (χ1) is 13.0. The van der Waals surface area contributed by atoms with Crippen LogP contribution in [0.4, 0.5) is 11.4 Å². The largest absolute Gasteiger partial charge is 0.497 e. The van der Waals surface area contributed by atoms with E-state index >= 15 is 0 Å². The Labute approximate surface area is 175 Å². The Bertz CT molecular complexity index is 869. The number of nitrogens with one attached hydrogen (secondary N) is 1. The molecular weight excluding hydrogens is 477 g/mol. The van der Waals surface area contributed by atoms with Crippen LogP contribution in [0.3, 0.4) is 0 Å². The van der Waals surface area contributed by atoms with Gasteiger partial charge in [0.25, 0.3) is 0 Å². The summed E-state index contributed by atoms with van der Waals surface area (Å²) in [6.45, 7) is 0. The van der Waals surface area contributed by atoms with Crippen LogP contribution >= 0.6 is 34.4 Å². The number of amides is 2. The zero-order chi connectivity index (χ0) is 19.4. The van der Waals surface area contributed by atoms with E-state index in [2.05, 4.69) is 32.9 Å². The summed E-state index contributed by atoms with van der Waals surface area (Å²) < 4.78 is 6.21. The van der Waals surface area contributed by atoms with Gasteiger partial charge < -0.3 is 10.1 Å². The van der Waals surface area contributed by atoms with Gasteiger partial charge in [-0.25, -0.2) is 4.99 Å². The molecule has 1 saturated heterocycles. The first-order valence-electron chi connectivity index (χ1n) is 8.18. The van der Waals surface area contributed by atoms with E-state index in [1.165, 1.54) is 16.7 Å². The Kier molecular flexibility index (Phi) is 6.38. The van der Waals surface area contributed by atoms with Crippen LogP contribution in [-0.4, -0.2) is 41.3 Å². The number of rotatable bonds is 5. The van der Waals surface area contributed by atoms with Gasteiger partial charge in [0.1, 0.15) is 11.0 Å². The van der Waals surface area contributed by atoms with Crippen LogP contribution in [0.2, 0.25) is 0 Å². The van der Waals surface area contributed by atoms with Crippen molar-refractivity contribution in [1.82, 2.24) is 4.90 Å². The van der Waals surface area contributed by atoms with Crippen LogP contribution in [-0.2, 0) is 9.59 Å². The molecule has 1 aliphatic rings. The van der Waals surface area contributed by atoms with Crippen LogP contribution < -0.4 is 10.1 Å². The molecule has 0 spiro atoms. The zero-order valence-corrected chi connectivity index (χ0v) is 17.8. The van der Waals surface area contributed by atoms with Crippen molar-refractivity contribution >= 4 is 62.7 Å². The minimum atomic E-state index is -0.476. The lowest BCUT2D eigenvalue weighted by atomic mass is 10.2. The third kappa shape index (κ3) is 5.01. The summed E-state index contributed by atoms with van der Waals surface area (Å²) in [5, 5.41) is 2.93. The van der Waals surface area contributed by atoms with Gasteiger partial charge in [-0.05, 0) is 71.1 Å². The van der Waals surface area contributed by atoms with Crippen LogP contribution in [0.25, 0.3) is 0 Å². The van der Waals surface area contributed by atoms with E-state index < -0.39 is 5.25 Å². The summed E-state index contributed by atoms with van der Waals surface area (Å²) in [5.74, 6) is 0.386. The molecule has 0 aromatic heterocycles. The molecule has 1 aliphatic heterocycles. The van der Waals surface area contributed by atoms with Gasteiger partial charge in [-0.15, -0.1) is 0 Å². The number of thioether (sulfide) groups is 1. The highest BCUT2D eigenvalue weighted by molar-refractivity contribution is 14.1. The normalized spacial score (nSPS) is 18.0. The summed E-state index contributed by atoms with van der Waals surface area (Å²) in [6.07, 6.45) is 0.0889. The van der Waals surface area contributed by atoms with Gasteiger partial charge in [0, 0.05) is 22.7 Å². The minimum Gasteiger partial charge on any atom is -0.497 e. The van der Waals surface area contributed by atoms with Crippen LogP contribution in [0.1, 0.15) is 6.42 Å². The number of aliphatic imine (C=N–C) groups is 1. The maximum absolute atomic E-state index is 12.5. The number of methoxy groups -OCH3 is 1. The standard InChI is InChI=1S/C19H18IN3O3S/c1-23-18(25)16(27-19(23)22-14-5-3-12(20)4-6-14)11-17(24)21-13-7-9-15(26-2)10-8-13/h3-10,16H,11H2,1-2H3,(H,21,24). The summed E-state index contributed by atoms with van der Waals surface area (Å²) in [6, 6.07) is 14.8. The van der Waals surface area contributed by atoms with Gasteiger partial charge in [-0.1, -0.05) is 11.8 Å². The highest BCUT2D eigenvalue weighted by atomic mass is 127. The fourth-order valence-corrected chi connectivity index (χ4v) is 3.99. The molecule has 0 radical (unpaired) electrons. The molecule has 0 bridgehead atoms. The lowest BCUT2D eigenvalue weighted by Crippen LogP contribution is -2.30. The van der Waals surface area contributed by atoms with Crippen LogP contribution in [0.5, 0.6) is 5.75 Å². The van der Waals surface area contributed by atoms with Crippen molar-refractivity contribution in [3.8, 4) is 5.75 Å². The molecule has 1 fully saturated rings. The van der Waals surface area contributed by atoms with Crippen molar-refractivity contribution < 1.29 is 14.3 Å². The topological polar surface area (TPSA) is 71.0 Å². The fraction of sp³-hybridized carbons (Fsp3) is 0.211. The number of hydrogen-bond acceptors (Lipinski definition) is 5. The Balaban J connectivity index is 1.63. The molecule has 1 unspecified atom stereocenters. The number of carbonyl (C=O) groups is 2. The van der Waals surface area contributed by atoms with E-state index in [0.29, 0.717) is 16.6 Å². The fourth-order valence-electron chi connectivity index (χ4n) is 2.48. The molecule has 1 heterocycles. The maximum atomic E-state index is 12.5. The SMILES string of the molecule is COc1ccc(NC(=O)CC2SC(=Nc3ccc(I)cc3)N(C)C2=O)cc1. The molecule has 1 N–H and O–H groups in total. The minimum absolute atomic E-state index is 0.0889. The maximum Gasteiger partial charge on any atom is 0.242 e. The number of nitrogens with zero attached hydrogens (tertiary/aromatic N) is 2. The molecule has 2 aromatic carbocycles. The van der Waals surface area contributed by atoms with Gasteiger partial charge in [0.2, 0.25) is 11.8 Å². The van der Waals surface area contributed by atoms with Crippen LogP contribution in [0.15, 0.2) is 53.5 Å². The Morgan fingerprint density at radius 2 is 1.89 bits per heavy atom. The van der Waals surface area contributed by atoms with Gasteiger partial charge in [-0.3, -0.25) is 14.5 Å². The number of halogens is 1. The number of carbonyl (C=O) groups excluding carboxylic acids is 2. The summed E-state index contributed by atoms with van der Waals surface area (Å²) in [7, 11) is 3.27. The average molecular weight is 495 g/mol. The highest BCUT2D eigenvalue weighted by Gasteiger charge is 2.36. The Hall–Kier alpha value is -2.07. The molecule has 3 rings (SSSR count). The monoisotopic (exact) mass is 495 g/mol. The quantitative estimate of drug-likeness (QED) is 0.640.